The summed E-state index contributed by atoms with van der Waals surface area (Å²) in [5, 5.41) is 3.46. The number of nitrogens with zero attached hydrogens (tertiary/aromatic N) is 1. The van der Waals surface area contributed by atoms with E-state index >= 15 is 0 Å². The third-order valence-electron chi connectivity index (χ3n) is 3.67. The average Bonchev–Trinajstić information content (AvgIpc) is 2.72. The summed E-state index contributed by atoms with van der Waals surface area (Å²) in [5.41, 5.74) is 0.172. The van der Waals surface area contributed by atoms with E-state index in [-0.39, 0.29) is 5.54 Å². The van der Waals surface area contributed by atoms with Crippen LogP contribution in [0.5, 0.6) is 0 Å². The Balaban J connectivity index is 2.39. The second-order valence-corrected chi connectivity index (χ2v) is 6.88. The van der Waals surface area contributed by atoms with Crippen molar-refractivity contribution in [3.8, 4) is 0 Å². The Hall–Kier alpha value is -0.380. The van der Waals surface area contributed by atoms with Crippen molar-refractivity contribution in [2.24, 2.45) is 0 Å². The first-order valence-corrected chi connectivity index (χ1v) is 7.57. The molecule has 0 spiro atoms. The Bertz CT molecular complexity index is 270. The molecule has 2 unspecified atom stereocenters. The van der Waals surface area contributed by atoms with Crippen LogP contribution in [-0.2, 0) is 4.74 Å². The van der Waals surface area contributed by atoms with Gasteiger partial charge < -0.3 is 10.1 Å². The SMILES string of the molecule is C=CCN(CC1CCC(CNC(C)C)O1)C(C)(C)C. The number of hydrogen-bond acceptors (Lipinski definition) is 3. The highest BCUT2D eigenvalue weighted by molar-refractivity contribution is 4.87. The third kappa shape index (κ3) is 6.07. The van der Waals surface area contributed by atoms with E-state index in [9.17, 15) is 0 Å². The Labute approximate surface area is 119 Å². The maximum atomic E-state index is 6.15. The zero-order valence-electron chi connectivity index (χ0n) is 13.4. The fraction of sp³-hybridized carbons (Fsp3) is 0.875. The van der Waals surface area contributed by atoms with Crippen LogP contribution in [0.1, 0.15) is 47.5 Å². The van der Waals surface area contributed by atoms with Crippen LogP contribution in [0.3, 0.4) is 0 Å². The summed E-state index contributed by atoms with van der Waals surface area (Å²) >= 11 is 0. The molecule has 3 nitrogen and oxygen atoms in total. The van der Waals surface area contributed by atoms with Gasteiger partial charge in [-0.25, -0.2) is 0 Å². The first-order valence-electron chi connectivity index (χ1n) is 7.57. The quantitative estimate of drug-likeness (QED) is 0.719. The van der Waals surface area contributed by atoms with Crippen LogP contribution in [0.2, 0.25) is 0 Å². The lowest BCUT2D eigenvalue weighted by Gasteiger charge is -2.36. The number of ether oxygens (including phenoxy) is 1. The molecule has 0 bridgehead atoms. The van der Waals surface area contributed by atoms with Crippen molar-refractivity contribution in [2.75, 3.05) is 19.6 Å². The van der Waals surface area contributed by atoms with Gasteiger partial charge in [0.05, 0.1) is 12.2 Å². The molecule has 0 aromatic heterocycles. The number of rotatable bonds is 7. The Kier molecular flexibility index (Phi) is 6.51. The molecule has 0 aromatic rings. The molecular weight excluding hydrogens is 236 g/mol. The monoisotopic (exact) mass is 268 g/mol. The van der Waals surface area contributed by atoms with Crippen LogP contribution < -0.4 is 5.32 Å². The molecule has 0 radical (unpaired) electrons. The third-order valence-corrected chi connectivity index (χ3v) is 3.67. The Morgan fingerprint density at radius 2 is 1.95 bits per heavy atom. The molecule has 0 aliphatic carbocycles. The molecule has 1 fully saturated rings. The van der Waals surface area contributed by atoms with Gasteiger partial charge in [0.15, 0.2) is 0 Å². The molecule has 3 heteroatoms. The fourth-order valence-electron chi connectivity index (χ4n) is 2.46. The number of hydrogen-bond donors (Lipinski definition) is 1. The van der Waals surface area contributed by atoms with Crippen molar-refractivity contribution in [3.05, 3.63) is 12.7 Å². The van der Waals surface area contributed by atoms with Gasteiger partial charge in [-0.15, -0.1) is 6.58 Å². The van der Waals surface area contributed by atoms with E-state index in [1.165, 1.54) is 12.8 Å². The second-order valence-electron chi connectivity index (χ2n) is 6.88. The van der Waals surface area contributed by atoms with Gasteiger partial charge in [-0.3, -0.25) is 4.90 Å². The molecule has 1 aliphatic heterocycles. The van der Waals surface area contributed by atoms with Gasteiger partial charge in [0.25, 0.3) is 0 Å². The lowest BCUT2D eigenvalue weighted by molar-refractivity contribution is 0.00633. The highest BCUT2D eigenvalue weighted by Crippen LogP contribution is 2.23. The van der Waals surface area contributed by atoms with Gasteiger partial charge in [0.1, 0.15) is 0 Å². The molecule has 19 heavy (non-hydrogen) atoms. The summed E-state index contributed by atoms with van der Waals surface area (Å²) in [5.74, 6) is 0. The van der Waals surface area contributed by atoms with Crippen molar-refractivity contribution in [1.29, 1.82) is 0 Å². The average molecular weight is 268 g/mol. The van der Waals surface area contributed by atoms with Gasteiger partial charge in [0.2, 0.25) is 0 Å². The van der Waals surface area contributed by atoms with Crippen molar-refractivity contribution in [1.82, 2.24) is 10.2 Å². The van der Waals surface area contributed by atoms with E-state index in [1.54, 1.807) is 0 Å². The fourth-order valence-corrected chi connectivity index (χ4v) is 2.46. The summed E-state index contributed by atoms with van der Waals surface area (Å²) in [7, 11) is 0. The van der Waals surface area contributed by atoms with Gasteiger partial charge in [0, 0.05) is 31.2 Å². The topological polar surface area (TPSA) is 24.5 Å². The normalized spacial score (nSPS) is 24.4. The molecule has 0 aromatic carbocycles. The molecule has 112 valence electrons. The Morgan fingerprint density at radius 3 is 2.47 bits per heavy atom. The van der Waals surface area contributed by atoms with Gasteiger partial charge in [-0.2, -0.15) is 0 Å². The highest BCUT2D eigenvalue weighted by atomic mass is 16.5. The van der Waals surface area contributed by atoms with Crippen LogP contribution in [0, 0.1) is 0 Å². The first kappa shape index (κ1) is 16.7. The molecule has 1 rings (SSSR count). The van der Waals surface area contributed by atoms with E-state index < -0.39 is 0 Å². The van der Waals surface area contributed by atoms with Gasteiger partial charge in [-0.05, 0) is 33.6 Å². The van der Waals surface area contributed by atoms with Gasteiger partial charge >= 0.3 is 0 Å². The largest absolute Gasteiger partial charge is 0.372 e. The maximum absolute atomic E-state index is 6.15. The zero-order valence-corrected chi connectivity index (χ0v) is 13.4. The lowest BCUT2D eigenvalue weighted by atomic mass is 10.0. The summed E-state index contributed by atoms with van der Waals surface area (Å²) in [6, 6.07) is 0.537. The minimum Gasteiger partial charge on any atom is -0.372 e. The maximum Gasteiger partial charge on any atom is 0.0707 e. The first-order chi connectivity index (χ1) is 8.82. The van der Waals surface area contributed by atoms with Crippen LogP contribution in [0.15, 0.2) is 12.7 Å². The van der Waals surface area contributed by atoms with Crippen LogP contribution in [0.4, 0.5) is 0 Å². The molecule has 1 heterocycles. The molecule has 1 aliphatic rings. The molecular formula is C16H32N2O. The molecule has 2 atom stereocenters. The van der Waals surface area contributed by atoms with Crippen molar-refractivity contribution in [3.63, 3.8) is 0 Å². The van der Waals surface area contributed by atoms with Gasteiger partial charge in [-0.1, -0.05) is 19.9 Å². The van der Waals surface area contributed by atoms with E-state index in [4.69, 9.17) is 4.74 Å². The van der Waals surface area contributed by atoms with Crippen molar-refractivity contribution >= 4 is 0 Å². The standard InChI is InChI=1S/C16H32N2O/c1-7-10-18(16(4,5)6)12-15-9-8-14(19-15)11-17-13(2)3/h7,13-15,17H,1,8-12H2,2-6H3. The smallest absolute Gasteiger partial charge is 0.0707 e. The van der Waals surface area contributed by atoms with E-state index in [2.05, 4.69) is 51.4 Å². The van der Waals surface area contributed by atoms with Crippen LogP contribution in [0.25, 0.3) is 0 Å². The predicted octanol–water partition coefficient (Wildman–Crippen LogP) is 2.82. The summed E-state index contributed by atoms with van der Waals surface area (Å²) < 4.78 is 6.15. The lowest BCUT2D eigenvalue weighted by Crippen LogP contribution is -2.45. The summed E-state index contributed by atoms with van der Waals surface area (Å²) in [6.45, 7) is 17.9. The minimum atomic E-state index is 0.172. The minimum absolute atomic E-state index is 0.172. The molecule has 1 N–H and O–H groups in total. The zero-order chi connectivity index (χ0) is 14.5. The van der Waals surface area contributed by atoms with Crippen molar-refractivity contribution < 1.29 is 4.74 Å². The predicted molar refractivity (Wildman–Crippen MR) is 82.6 cm³/mol. The summed E-state index contributed by atoms with van der Waals surface area (Å²) in [4.78, 5) is 2.45. The number of nitrogens with one attached hydrogen (secondary N) is 1. The van der Waals surface area contributed by atoms with E-state index in [0.717, 1.165) is 19.6 Å². The van der Waals surface area contributed by atoms with Crippen molar-refractivity contribution in [2.45, 2.75) is 71.2 Å². The van der Waals surface area contributed by atoms with E-state index in [0.29, 0.717) is 18.2 Å². The van der Waals surface area contributed by atoms with Crippen LogP contribution >= 0.6 is 0 Å². The van der Waals surface area contributed by atoms with Crippen LogP contribution in [-0.4, -0.2) is 48.3 Å². The summed E-state index contributed by atoms with van der Waals surface area (Å²) in [6.07, 6.45) is 5.10. The highest BCUT2D eigenvalue weighted by Gasteiger charge is 2.29. The molecule has 1 saturated heterocycles. The molecule has 0 amide bonds. The van der Waals surface area contributed by atoms with E-state index in [1.807, 2.05) is 6.08 Å². The molecule has 0 saturated carbocycles. The Morgan fingerprint density at radius 1 is 1.32 bits per heavy atom. The second kappa shape index (κ2) is 7.41.